The molecule has 9 nitrogen and oxygen atoms in total. The molecule has 30 heavy (non-hydrogen) atoms. The molecule has 0 saturated heterocycles. The van der Waals surface area contributed by atoms with Gasteiger partial charge in [-0.2, -0.15) is 4.68 Å². The van der Waals surface area contributed by atoms with E-state index < -0.39 is 11.9 Å². The number of aryl methyl sites for hydroxylation is 1. The third kappa shape index (κ3) is 4.96. The molecule has 0 aliphatic heterocycles. The molecule has 1 aromatic heterocycles. The van der Waals surface area contributed by atoms with Crippen molar-refractivity contribution in [3.05, 3.63) is 59.7 Å². The molecule has 0 bridgehead atoms. The zero-order chi connectivity index (χ0) is 21.7. The van der Waals surface area contributed by atoms with Crippen LogP contribution in [0.4, 0.5) is 10.1 Å². The van der Waals surface area contributed by atoms with Crippen molar-refractivity contribution in [3.63, 3.8) is 0 Å². The van der Waals surface area contributed by atoms with E-state index in [1.165, 1.54) is 29.8 Å². The number of tetrazole rings is 1. The van der Waals surface area contributed by atoms with Crippen LogP contribution < -0.4 is 15.4 Å². The lowest BCUT2D eigenvalue weighted by Crippen LogP contribution is -2.29. The van der Waals surface area contributed by atoms with Gasteiger partial charge in [-0.25, -0.2) is 4.39 Å². The minimum absolute atomic E-state index is 0.0114. The van der Waals surface area contributed by atoms with Crippen molar-refractivity contribution >= 4 is 17.5 Å². The third-order valence-corrected chi connectivity index (χ3v) is 4.37. The van der Waals surface area contributed by atoms with Crippen LogP contribution in [-0.2, 0) is 9.59 Å². The normalized spacial score (nSPS) is 11.6. The molecule has 2 N–H and O–H groups in total. The van der Waals surface area contributed by atoms with Crippen molar-refractivity contribution < 1.29 is 18.7 Å². The SMILES string of the molecule is COc1ccc(C(CC(=O)Nc2ccc(F)c(-n3nnnc3C)c2)NC(C)=O)cc1. The minimum Gasteiger partial charge on any atom is -0.497 e. The predicted molar refractivity (Wildman–Crippen MR) is 107 cm³/mol. The topological polar surface area (TPSA) is 111 Å². The second-order valence-corrected chi connectivity index (χ2v) is 6.58. The van der Waals surface area contributed by atoms with Gasteiger partial charge in [0.15, 0.2) is 5.82 Å². The van der Waals surface area contributed by atoms with E-state index in [0.29, 0.717) is 17.3 Å². The first-order valence-corrected chi connectivity index (χ1v) is 9.13. The van der Waals surface area contributed by atoms with Gasteiger partial charge in [-0.05, 0) is 53.2 Å². The van der Waals surface area contributed by atoms with Crippen LogP contribution in [0.5, 0.6) is 5.75 Å². The largest absolute Gasteiger partial charge is 0.497 e. The van der Waals surface area contributed by atoms with Crippen LogP contribution in [0.3, 0.4) is 0 Å². The van der Waals surface area contributed by atoms with Crippen molar-refractivity contribution in [3.8, 4) is 11.4 Å². The number of hydrogen-bond acceptors (Lipinski definition) is 6. The molecular weight excluding hydrogens is 391 g/mol. The van der Waals surface area contributed by atoms with E-state index >= 15 is 0 Å². The van der Waals surface area contributed by atoms with Gasteiger partial charge in [-0.15, -0.1) is 5.10 Å². The van der Waals surface area contributed by atoms with Crippen LogP contribution in [0.15, 0.2) is 42.5 Å². The highest BCUT2D eigenvalue weighted by Crippen LogP contribution is 2.23. The van der Waals surface area contributed by atoms with Gasteiger partial charge in [-0.3, -0.25) is 9.59 Å². The van der Waals surface area contributed by atoms with Crippen molar-refractivity contribution in [2.24, 2.45) is 0 Å². The Bertz CT molecular complexity index is 1050. The average Bonchev–Trinajstić information content (AvgIpc) is 3.14. The van der Waals surface area contributed by atoms with Gasteiger partial charge in [0.2, 0.25) is 11.8 Å². The Kier molecular flexibility index (Phi) is 6.35. The van der Waals surface area contributed by atoms with Crippen LogP contribution in [0.2, 0.25) is 0 Å². The second kappa shape index (κ2) is 9.12. The van der Waals surface area contributed by atoms with Crippen molar-refractivity contribution in [1.82, 2.24) is 25.5 Å². The molecule has 3 aromatic rings. The average molecular weight is 412 g/mol. The van der Waals surface area contributed by atoms with Crippen molar-refractivity contribution in [1.29, 1.82) is 0 Å². The molecule has 1 atom stereocenters. The highest BCUT2D eigenvalue weighted by Gasteiger charge is 2.18. The zero-order valence-electron chi connectivity index (χ0n) is 16.7. The highest BCUT2D eigenvalue weighted by molar-refractivity contribution is 5.92. The predicted octanol–water partition coefficient (Wildman–Crippen LogP) is 2.32. The maximum Gasteiger partial charge on any atom is 0.226 e. The maximum absolute atomic E-state index is 14.2. The van der Waals surface area contributed by atoms with E-state index in [-0.39, 0.29) is 23.9 Å². The molecule has 1 unspecified atom stereocenters. The number of rotatable bonds is 7. The van der Waals surface area contributed by atoms with Crippen molar-refractivity contribution in [2.45, 2.75) is 26.3 Å². The third-order valence-electron chi connectivity index (χ3n) is 4.37. The van der Waals surface area contributed by atoms with Crippen LogP contribution in [-0.4, -0.2) is 39.1 Å². The standard InChI is InChI=1S/C20H21FN6O3/c1-12-24-25-26-27(12)19-10-15(6-9-17(19)21)23-20(29)11-18(22-13(2)28)14-4-7-16(30-3)8-5-14/h4-10,18H,11H2,1-3H3,(H,22,28)(H,23,29). The Morgan fingerprint density at radius 3 is 2.53 bits per heavy atom. The highest BCUT2D eigenvalue weighted by atomic mass is 19.1. The quantitative estimate of drug-likeness (QED) is 0.616. The number of aromatic nitrogens is 4. The van der Waals surface area contributed by atoms with E-state index in [9.17, 15) is 14.0 Å². The van der Waals surface area contributed by atoms with E-state index in [0.717, 1.165) is 5.56 Å². The number of anilines is 1. The summed E-state index contributed by atoms with van der Waals surface area (Å²) in [6.45, 7) is 3.02. The zero-order valence-corrected chi connectivity index (χ0v) is 16.7. The van der Waals surface area contributed by atoms with E-state index in [1.54, 1.807) is 38.3 Å². The first-order chi connectivity index (χ1) is 14.4. The fraction of sp³-hybridized carbons (Fsp3) is 0.250. The lowest BCUT2D eigenvalue weighted by atomic mass is 10.0. The van der Waals surface area contributed by atoms with E-state index in [1.807, 2.05) is 0 Å². The van der Waals surface area contributed by atoms with E-state index in [4.69, 9.17) is 4.74 Å². The number of benzene rings is 2. The van der Waals surface area contributed by atoms with Crippen LogP contribution in [0.25, 0.3) is 5.69 Å². The van der Waals surface area contributed by atoms with Crippen LogP contribution in [0, 0.1) is 12.7 Å². The molecule has 0 aliphatic rings. The van der Waals surface area contributed by atoms with Crippen molar-refractivity contribution in [2.75, 3.05) is 12.4 Å². The van der Waals surface area contributed by atoms with Gasteiger partial charge in [0, 0.05) is 12.6 Å². The summed E-state index contributed by atoms with van der Waals surface area (Å²) in [4.78, 5) is 24.2. The van der Waals surface area contributed by atoms with Gasteiger partial charge in [0.25, 0.3) is 0 Å². The number of nitrogens with one attached hydrogen (secondary N) is 2. The lowest BCUT2D eigenvalue weighted by molar-refractivity contribution is -0.120. The molecule has 0 fully saturated rings. The van der Waals surface area contributed by atoms with Gasteiger partial charge in [0.1, 0.15) is 17.3 Å². The summed E-state index contributed by atoms with van der Waals surface area (Å²) in [5.41, 5.74) is 1.25. The molecule has 156 valence electrons. The number of halogens is 1. The van der Waals surface area contributed by atoms with Crippen LogP contribution in [0.1, 0.15) is 30.8 Å². The van der Waals surface area contributed by atoms with Crippen LogP contribution >= 0.6 is 0 Å². The molecule has 1 heterocycles. The molecule has 10 heteroatoms. The minimum atomic E-state index is -0.532. The maximum atomic E-state index is 14.2. The van der Waals surface area contributed by atoms with Gasteiger partial charge in [0.05, 0.1) is 19.6 Å². The summed E-state index contributed by atoms with van der Waals surface area (Å²) in [5.74, 6) is -0.0701. The Balaban J connectivity index is 1.76. The number of ether oxygens (including phenoxy) is 1. The number of methoxy groups -OCH3 is 1. The molecule has 2 aromatic carbocycles. The fourth-order valence-electron chi connectivity index (χ4n) is 2.94. The molecule has 0 saturated carbocycles. The summed E-state index contributed by atoms with van der Waals surface area (Å²) < 4.78 is 20.6. The second-order valence-electron chi connectivity index (χ2n) is 6.58. The Morgan fingerprint density at radius 2 is 1.93 bits per heavy atom. The smallest absolute Gasteiger partial charge is 0.226 e. The summed E-state index contributed by atoms with van der Waals surface area (Å²) >= 11 is 0. The van der Waals surface area contributed by atoms with Gasteiger partial charge in [-0.1, -0.05) is 12.1 Å². The Hall–Kier alpha value is -3.82. The summed E-state index contributed by atoms with van der Waals surface area (Å²) in [6, 6.07) is 10.6. The number of carbonyl (C=O) groups excluding carboxylic acids is 2. The molecule has 0 radical (unpaired) electrons. The fourth-order valence-corrected chi connectivity index (χ4v) is 2.94. The molecule has 0 spiro atoms. The Labute approximate surface area is 172 Å². The number of nitrogens with zero attached hydrogens (tertiary/aromatic N) is 4. The summed E-state index contributed by atoms with van der Waals surface area (Å²) in [6.07, 6.45) is -0.0114. The Morgan fingerprint density at radius 1 is 1.20 bits per heavy atom. The molecular formula is C20H21FN6O3. The first-order valence-electron chi connectivity index (χ1n) is 9.13. The van der Waals surface area contributed by atoms with E-state index in [2.05, 4.69) is 26.2 Å². The number of amides is 2. The molecule has 2 amide bonds. The number of carbonyl (C=O) groups is 2. The first kappa shape index (κ1) is 20.9. The lowest BCUT2D eigenvalue weighted by Gasteiger charge is -2.18. The van der Waals surface area contributed by atoms with Gasteiger partial charge >= 0.3 is 0 Å². The number of hydrogen-bond donors (Lipinski definition) is 2. The summed E-state index contributed by atoms with van der Waals surface area (Å²) in [7, 11) is 1.56. The summed E-state index contributed by atoms with van der Waals surface area (Å²) in [5, 5.41) is 16.5. The monoisotopic (exact) mass is 412 g/mol. The molecule has 0 aliphatic carbocycles. The molecule has 3 rings (SSSR count). The van der Waals surface area contributed by atoms with Gasteiger partial charge < -0.3 is 15.4 Å².